The van der Waals surface area contributed by atoms with Crippen molar-refractivity contribution in [3.63, 3.8) is 0 Å². The van der Waals surface area contributed by atoms with E-state index in [1.807, 2.05) is 11.7 Å². The van der Waals surface area contributed by atoms with Gasteiger partial charge in [0.05, 0.1) is 0 Å². The number of fused-ring (bicyclic) bond motifs is 1. The third-order valence-corrected chi connectivity index (χ3v) is 3.37. The molecule has 2 aromatic rings. The molecule has 1 N–H and O–H groups in total. The van der Waals surface area contributed by atoms with Gasteiger partial charge < -0.3 is 5.32 Å². The maximum atomic E-state index is 4.28. The molecule has 3 rings (SSSR count). The van der Waals surface area contributed by atoms with Gasteiger partial charge in [0.1, 0.15) is 12.2 Å². The third-order valence-electron chi connectivity index (χ3n) is 3.37. The molecule has 17 heavy (non-hydrogen) atoms. The largest absolute Gasteiger partial charge is 0.382 e. The molecule has 2 heterocycles. The molecule has 1 aliphatic rings. The molecule has 0 spiro atoms. The van der Waals surface area contributed by atoms with Crippen molar-refractivity contribution in [3.8, 4) is 0 Å². The van der Waals surface area contributed by atoms with Crippen molar-refractivity contribution in [2.45, 2.75) is 25.3 Å². The van der Waals surface area contributed by atoms with E-state index in [9.17, 15) is 0 Å². The van der Waals surface area contributed by atoms with Gasteiger partial charge >= 0.3 is 0 Å². The summed E-state index contributed by atoms with van der Waals surface area (Å²) in [5.41, 5.74) is 2.69. The van der Waals surface area contributed by atoms with Crippen molar-refractivity contribution in [3.05, 3.63) is 42.0 Å². The van der Waals surface area contributed by atoms with Gasteiger partial charge in [-0.2, -0.15) is 5.10 Å². The van der Waals surface area contributed by atoms with E-state index in [2.05, 4.69) is 39.7 Å². The van der Waals surface area contributed by atoms with Crippen LogP contribution in [0.5, 0.6) is 0 Å². The van der Waals surface area contributed by atoms with E-state index in [0.29, 0.717) is 6.04 Å². The quantitative estimate of drug-likeness (QED) is 0.852. The molecule has 0 fully saturated rings. The van der Waals surface area contributed by atoms with Crippen LogP contribution in [0.4, 0.5) is 5.69 Å². The zero-order valence-corrected chi connectivity index (χ0v) is 9.93. The molecular formula is C13H16N4. The van der Waals surface area contributed by atoms with Crippen LogP contribution < -0.4 is 5.32 Å². The standard InChI is InChI=1S/C13H16N4/c1-17-13(14-9-15-17)8-11-7-6-10-4-2-3-5-12(10)16-11/h2-5,9,11,16H,6-8H2,1H3. The van der Waals surface area contributed by atoms with E-state index in [-0.39, 0.29) is 0 Å². The Balaban J connectivity index is 1.74. The highest BCUT2D eigenvalue weighted by molar-refractivity contribution is 5.53. The second kappa shape index (κ2) is 4.20. The third kappa shape index (κ3) is 2.02. The molecule has 88 valence electrons. The van der Waals surface area contributed by atoms with Crippen LogP contribution >= 0.6 is 0 Å². The molecule has 1 unspecified atom stereocenters. The van der Waals surface area contributed by atoms with E-state index in [0.717, 1.165) is 25.1 Å². The summed E-state index contributed by atoms with van der Waals surface area (Å²) in [7, 11) is 1.94. The van der Waals surface area contributed by atoms with Gasteiger partial charge in [0.2, 0.25) is 0 Å². The normalized spacial score (nSPS) is 18.5. The summed E-state index contributed by atoms with van der Waals surface area (Å²) in [5, 5.41) is 7.69. The van der Waals surface area contributed by atoms with E-state index in [4.69, 9.17) is 0 Å². The summed E-state index contributed by atoms with van der Waals surface area (Å²) in [5.74, 6) is 1.04. The van der Waals surface area contributed by atoms with Crippen LogP contribution in [0.3, 0.4) is 0 Å². The van der Waals surface area contributed by atoms with E-state index >= 15 is 0 Å². The van der Waals surface area contributed by atoms with Gasteiger partial charge in [-0.3, -0.25) is 4.68 Å². The summed E-state index contributed by atoms with van der Waals surface area (Å²) >= 11 is 0. The van der Waals surface area contributed by atoms with Crippen LogP contribution in [0, 0.1) is 0 Å². The molecule has 0 bridgehead atoms. The average molecular weight is 228 g/mol. The van der Waals surface area contributed by atoms with Crippen molar-refractivity contribution >= 4 is 5.69 Å². The molecule has 4 heteroatoms. The van der Waals surface area contributed by atoms with Gasteiger partial charge in [0.25, 0.3) is 0 Å². The van der Waals surface area contributed by atoms with Crippen molar-refractivity contribution in [2.24, 2.45) is 7.05 Å². The number of aryl methyl sites for hydroxylation is 2. The number of hydrogen-bond donors (Lipinski definition) is 1. The zero-order valence-electron chi connectivity index (χ0n) is 9.93. The van der Waals surface area contributed by atoms with Crippen LogP contribution in [-0.2, 0) is 19.9 Å². The first kappa shape index (κ1) is 10.3. The molecule has 1 aromatic heterocycles. The lowest BCUT2D eigenvalue weighted by Crippen LogP contribution is -2.28. The Bertz CT molecular complexity index is 518. The summed E-state index contributed by atoms with van der Waals surface area (Å²) in [6.07, 6.45) is 4.85. The number of anilines is 1. The molecule has 0 saturated carbocycles. The van der Waals surface area contributed by atoms with Crippen LogP contribution in [0.2, 0.25) is 0 Å². The number of nitrogens with one attached hydrogen (secondary N) is 1. The highest BCUT2D eigenvalue weighted by atomic mass is 15.3. The molecule has 4 nitrogen and oxygen atoms in total. The molecule has 0 aliphatic carbocycles. The first-order valence-corrected chi connectivity index (χ1v) is 6.00. The Morgan fingerprint density at radius 2 is 2.29 bits per heavy atom. The minimum atomic E-state index is 0.466. The van der Waals surface area contributed by atoms with Crippen LogP contribution in [0.25, 0.3) is 0 Å². The van der Waals surface area contributed by atoms with Crippen molar-refractivity contribution in [2.75, 3.05) is 5.32 Å². The lowest BCUT2D eigenvalue weighted by Gasteiger charge is -2.26. The lowest BCUT2D eigenvalue weighted by molar-refractivity contribution is 0.585. The maximum absolute atomic E-state index is 4.28. The predicted molar refractivity (Wildman–Crippen MR) is 66.9 cm³/mol. The highest BCUT2D eigenvalue weighted by Crippen LogP contribution is 2.25. The summed E-state index contributed by atoms with van der Waals surface area (Å²) in [4.78, 5) is 4.28. The van der Waals surface area contributed by atoms with Crippen LogP contribution in [0.1, 0.15) is 17.8 Å². The molecule has 0 saturated heterocycles. The Hall–Kier alpha value is -1.84. The summed E-state index contributed by atoms with van der Waals surface area (Å²) in [6, 6.07) is 8.99. The minimum Gasteiger partial charge on any atom is -0.382 e. The molecular weight excluding hydrogens is 212 g/mol. The Morgan fingerprint density at radius 3 is 3.12 bits per heavy atom. The molecule has 0 radical (unpaired) electrons. The number of benzene rings is 1. The molecule has 1 aliphatic heterocycles. The van der Waals surface area contributed by atoms with Gasteiger partial charge in [-0.25, -0.2) is 4.98 Å². The van der Waals surface area contributed by atoms with Gasteiger partial charge in [0, 0.05) is 25.2 Å². The Labute approximate surface area is 101 Å². The predicted octanol–water partition coefficient (Wildman–Crippen LogP) is 1.78. The number of hydrogen-bond acceptors (Lipinski definition) is 3. The maximum Gasteiger partial charge on any atom is 0.138 e. The Kier molecular flexibility index (Phi) is 2.55. The second-order valence-corrected chi connectivity index (χ2v) is 4.54. The van der Waals surface area contributed by atoms with Gasteiger partial charge in [0.15, 0.2) is 0 Å². The first-order valence-electron chi connectivity index (χ1n) is 6.00. The van der Waals surface area contributed by atoms with Crippen molar-refractivity contribution < 1.29 is 0 Å². The lowest BCUT2D eigenvalue weighted by atomic mass is 9.96. The fraction of sp³-hybridized carbons (Fsp3) is 0.385. The van der Waals surface area contributed by atoms with E-state index in [1.165, 1.54) is 11.3 Å². The number of para-hydroxylation sites is 1. The minimum absolute atomic E-state index is 0.466. The molecule has 1 atom stereocenters. The summed E-state index contributed by atoms with van der Waals surface area (Å²) in [6.45, 7) is 0. The molecule has 0 amide bonds. The second-order valence-electron chi connectivity index (χ2n) is 4.54. The monoisotopic (exact) mass is 228 g/mol. The van der Waals surface area contributed by atoms with E-state index < -0.39 is 0 Å². The van der Waals surface area contributed by atoms with Gasteiger partial charge in [-0.1, -0.05) is 18.2 Å². The van der Waals surface area contributed by atoms with Crippen LogP contribution in [-0.4, -0.2) is 20.8 Å². The average Bonchev–Trinajstić information content (AvgIpc) is 2.75. The van der Waals surface area contributed by atoms with Gasteiger partial charge in [-0.15, -0.1) is 0 Å². The SMILES string of the molecule is Cn1ncnc1CC1CCc2ccccc2N1. The van der Waals surface area contributed by atoms with Gasteiger partial charge in [-0.05, 0) is 24.5 Å². The zero-order chi connectivity index (χ0) is 11.7. The fourth-order valence-electron chi connectivity index (χ4n) is 2.38. The molecule has 1 aromatic carbocycles. The Morgan fingerprint density at radius 1 is 1.41 bits per heavy atom. The number of aromatic nitrogens is 3. The first-order chi connectivity index (χ1) is 8.33. The highest BCUT2D eigenvalue weighted by Gasteiger charge is 2.18. The van der Waals surface area contributed by atoms with Crippen LogP contribution in [0.15, 0.2) is 30.6 Å². The summed E-state index contributed by atoms with van der Waals surface area (Å²) < 4.78 is 1.85. The van der Waals surface area contributed by atoms with Crippen molar-refractivity contribution in [1.29, 1.82) is 0 Å². The number of nitrogens with zero attached hydrogens (tertiary/aromatic N) is 3. The number of rotatable bonds is 2. The smallest absolute Gasteiger partial charge is 0.138 e. The fourth-order valence-corrected chi connectivity index (χ4v) is 2.38. The van der Waals surface area contributed by atoms with E-state index in [1.54, 1.807) is 6.33 Å². The van der Waals surface area contributed by atoms with Crippen molar-refractivity contribution in [1.82, 2.24) is 14.8 Å². The topological polar surface area (TPSA) is 42.7 Å².